The van der Waals surface area contributed by atoms with Crippen molar-refractivity contribution in [3.63, 3.8) is 0 Å². The van der Waals surface area contributed by atoms with Crippen molar-refractivity contribution in [3.8, 4) is 0 Å². The molecule has 0 amide bonds. The topological polar surface area (TPSA) is 108 Å². The molecule has 0 radical (unpaired) electrons. The van der Waals surface area contributed by atoms with Crippen LogP contribution in [-0.2, 0) is 16.6 Å². The maximum atomic E-state index is 11.9. The summed E-state index contributed by atoms with van der Waals surface area (Å²) in [5.74, 6) is 0. The molecule has 7 nitrogen and oxygen atoms in total. The van der Waals surface area contributed by atoms with E-state index in [0.29, 0.717) is 0 Å². The monoisotopic (exact) mass is 274 g/mol. The molecule has 0 saturated heterocycles. The summed E-state index contributed by atoms with van der Waals surface area (Å²) in [7, 11) is -3.78. The number of aromatic amines is 1. The summed E-state index contributed by atoms with van der Waals surface area (Å²) in [5.41, 5.74) is 0.950. The predicted molar refractivity (Wildman–Crippen MR) is 62.2 cm³/mol. The average molecular weight is 274 g/mol. The normalized spacial score (nSPS) is 11.6. The van der Waals surface area contributed by atoms with Crippen LogP contribution in [0.4, 0.5) is 5.13 Å². The number of sulfonamides is 1. The third-order valence-corrected chi connectivity index (χ3v) is 4.32. The van der Waals surface area contributed by atoms with E-state index in [4.69, 9.17) is 5.11 Å². The van der Waals surface area contributed by atoms with E-state index in [9.17, 15) is 8.42 Å². The third kappa shape index (κ3) is 2.46. The number of aromatic nitrogens is 3. The van der Waals surface area contributed by atoms with Gasteiger partial charge in [0.2, 0.25) is 0 Å². The number of hydrogen-bond donors (Lipinski definition) is 3. The number of aryl methyl sites for hydroxylation is 1. The molecule has 0 unspecified atom stereocenters. The zero-order valence-corrected chi connectivity index (χ0v) is 10.5. The van der Waals surface area contributed by atoms with Gasteiger partial charge in [0.25, 0.3) is 10.0 Å². The Bertz CT molecular complexity index is 616. The van der Waals surface area contributed by atoms with E-state index in [1.807, 2.05) is 0 Å². The molecule has 2 aromatic rings. The lowest BCUT2D eigenvalue weighted by molar-refractivity contribution is 0.278. The second-order valence-electron chi connectivity index (χ2n) is 3.28. The molecule has 0 fully saturated rings. The minimum absolute atomic E-state index is 0.146. The number of nitrogens with zero attached hydrogens (tertiary/aromatic N) is 2. The summed E-state index contributed by atoms with van der Waals surface area (Å²) in [6, 6.07) is 0. The smallest absolute Gasteiger partial charge is 0.280 e. The Kier molecular flexibility index (Phi) is 3.13. The Labute approximate surface area is 102 Å². The first-order valence-corrected chi connectivity index (χ1v) is 6.97. The van der Waals surface area contributed by atoms with Gasteiger partial charge < -0.3 is 5.11 Å². The minimum atomic E-state index is -3.78. The minimum Gasteiger partial charge on any atom is -0.392 e. The van der Waals surface area contributed by atoms with Crippen molar-refractivity contribution in [2.75, 3.05) is 4.72 Å². The quantitative estimate of drug-likeness (QED) is 0.751. The number of anilines is 1. The van der Waals surface area contributed by atoms with Crippen molar-refractivity contribution >= 4 is 26.5 Å². The van der Waals surface area contributed by atoms with Crippen LogP contribution in [0, 0.1) is 6.92 Å². The van der Waals surface area contributed by atoms with Gasteiger partial charge in [0.05, 0.1) is 18.5 Å². The number of nitrogens with one attached hydrogen (secondary N) is 2. The van der Waals surface area contributed by atoms with Gasteiger partial charge in [-0.15, -0.1) is 11.3 Å². The standard InChI is InChI=1S/C8H10N4O3S2/c1-5-4-16-8(10-5)12-17(14,15)7-6(3-13)2-9-11-7/h2,4,13H,3H2,1H3,(H,9,11)(H,10,12). The van der Waals surface area contributed by atoms with Gasteiger partial charge in [0, 0.05) is 10.9 Å². The molecule has 2 rings (SSSR count). The summed E-state index contributed by atoms with van der Waals surface area (Å²) in [5, 5.41) is 16.8. The molecule has 9 heteroatoms. The molecule has 3 N–H and O–H groups in total. The zero-order valence-electron chi connectivity index (χ0n) is 8.84. The first-order valence-electron chi connectivity index (χ1n) is 4.61. The predicted octanol–water partition coefficient (Wildman–Crippen LogP) is 0.468. The maximum absolute atomic E-state index is 11.9. The lowest BCUT2D eigenvalue weighted by Crippen LogP contribution is -2.15. The van der Waals surface area contributed by atoms with Crippen molar-refractivity contribution < 1.29 is 13.5 Å². The maximum Gasteiger partial charge on any atom is 0.280 e. The van der Waals surface area contributed by atoms with Crippen molar-refractivity contribution in [3.05, 3.63) is 22.8 Å². The second-order valence-corrected chi connectivity index (χ2v) is 5.76. The molecule has 0 aromatic carbocycles. The number of H-pyrrole nitrogens is 1. The van der Waals surface area contributed by atoms with Gasteiger partial charge in [0.15, 0.2) is 10.2 Å². The average Bonchev–Trinajstić information content (AvgIpc) is 2.86. The van der Waals surface area contributed by atoms with Gasteiger partial charge in [-0.25, -0.2) is 4.98 Å². The van der Waals surface area contributed by atoms with Gasteiger partial charge in [-0.2, -0.15) is 13.5 Å². The number of aliphatic hydroxyl groups excluding tert-OH is 1. The number of aliphatic hydroxyl groups is 1. The van der Waals surface area contributed by atoms with Crippen molar-refractivity contribution in [2.24, 2.45) is 0 Å². The molecule has 0 bridgehead atoms. The van der Waals surface area contributed by atoms with Crippen molar-refractivity contribution in [1.29, 1.82) is 0 Å². The molecule has 92 valence electrons. The van der Waals surface area contributed by atoms with E-state index in [1.54, 1.807) is 12.3 Å². The zero-order chi connectivity index (χ0) is 12.5. The first kappa shape index (κ1) is 12.0. The van der Waals surface area contributed by atoms with Crippen LogP contribution in [0.2, 0.25) is 0 Å². The van der Waals surface area contributed by atoms with E-state index in [0.717, 1.165) is 5.69 Å². The van der Waals surface area contributed by atoms with Crippen LogP contribution in [0.3, 0.4) is 0 Å². The van der Waals surface area contributed by atoms with E-state index in [2.05, 4.69) is 19.9 Å². The van der Waals surface area contributed by atoms with Crippen molar-refractivity contribution in [2.45, 2.75) is 18.6 Å². The number of rotatable bonds is 4. The lowest BCUT2D eigenvalue weighted by Gasteiger charge is -2.03. The Morgan fingerprint density at radius 1 is 1.59 bits per heavy atom. The lowest BCUT2D eigenvalue weighted by atomic mass is 10.4. The molecule has 0 aliphatic heterocycles. The summed E-state index contributed by atoms with van der Waals surface area (Å²) in [4.78, 5) is 3.99. The van der Waals surface area contributed by atoms with Crippen LogP contribution in [0.25, 0.3) is 0 Å². The summed E-state index contributed by atoms with van der Waals surface area (Å²) in [6.07, 6.45) is 1.27. The van der Waals surface area contributed by atoms with Crippen LogP contribution in [0.15, 0.2) is 16.6 Å². The third-order valence-electron chi connectivity index (χ3n) is 1.96. The van der Waals surface area contributed by atoms with E-state index in [1.165, 1.54) is 17.5 Å². The molecule has 2 aromatic heterocycles. The van der Waals surface area contributed by atoms with Gasteiger partial charge in [-0.05, 0) is 6.92 Å². The first-order chi connectivity index (χ1) is 8.03. The van der Waals surface area contributed by atoms with E-state index in [-0.39, 0.29) is 15.7 Å². The Morgan fingerprint density at radius 3 is 2.94 bits per heavy atom. The summed E-state index contributed by atoms with van der Waals surface area (Å²) >= 11 is 1.19. The Hall–Kier alpha value is -1.45. The summed E-state index contributed by atoms with van der Waals surface area (Å²) < 4.78 is 26.2. The fourth-order valence-electron chi connectivity index (χ4n) is 1.21. The van der Waals surface area contributed by atoms with Gasteiger partial charge >= 0.3 is 0 Å². The van der Waals surface area contributed by atoms with Crippen molar-refractivity contribution in [1.82, 2.24) is 15.2 Å². The number of thiazole rings is 1. The largest absolute Gasteiger partial charge is 0.392 e. The van der Waals surface area contributed by atoms with Crippen LogP contribution in [-0.4, -0.2) is 28.7 Å². The van der Waals surface area contributed by atoms with Gasteiger partial charge in [-0.3, -0.25) is 9.82 Å². The Morgan fingerprint density at radius 2 is 2.35 bits per heavy atom. The molecule has 0 aliphatic carbocycles. The highest BCUT2D eigenvalue weighted by Crippen LogP contribution is 2.20. The second kappa shape index (κ2) is 4.43. The number of hydrogen-bond acceptors (Lipinski definition) is 6. The fraction of sp³-hybridized carbons (Fsp3) is 0.250. The SMILES string of the molecule is Cc1csc(NS(=O)(=O)c2[nH]ncc2CO)n1. The van der Waals surface area contributed by atoms with Gasteiger partial charge in [0.1, 0.15) is 0 Å². The molecule has 0 spiro atoms. The molecular weight excluding hydrogens is 264 g/mol. The van der Waals surface area contributed by atoms with E-state index < -0.39 is 16.6 Å². The highest BCUT2D eigenvalue weighted by Gasteiger charge is 2.21. The van der Waals surface area contributed by atoms with Gasteiger partial charge in [-0.1, -0.05) is 0 Å². The fourth-order valence-corrected chi connectivity index (χ4v) is 3.28. The van der Waals surface area contributed by atoms with Crippen LogP contribution >= 0.6 is 11.3 Å². The molecular formula is C8H10N4O3S2. The highest BCUT2D eigenvalue weighted by molar-refractivity contribution is 7.92. The van der Waals surface area contributed by atoms with Crippen LogP contribution < -0.4 is 4.72 Å². The molecule has 17 heavy (non-hydrogen) atoms. The van der Waals surface area contributed by atoms with Crippen LogP contribution in [0.1, 0.15) is 11.3 Å². The van der Waals surface area contributed by atoms with Crippen LogP contribution in [0.5, 0.6) is 0 Å². The van der Waals surface area contributed by atoms with E-state index >= 15 is 0 Å². The Balaban J connectivity index is 2.31. The molecule has 0 atom stereocenters. The molecule has 0 aliphatic rings. The molecule has 2 heterocycles. The highest BCUT2D eigenvalue weighted by atomic mass is 32.2. The summed E-state index contributed by atoms with van der Waals surface area (Å²) in [6.45, 7) is 1.37. The molecule has 0 saturated carbocycles.